The van der Waals surface area contributed by atoms with Gasteiger partial charge in [-0.1, -0.05) is 25.1 Å². The molecule has 0 aliphatic rings. The normalized spacial score (nSPS) is 10.6. The molecule has 0 fully saturated rings. The van der Waals surface area contributed by atoms with Gasteiger partial charge in [0.25, 0.3) is 5.91 Å². The van der Waals surface area contributed by atoms with Crippen molar-refractivity contribution in [3.8, 4) is 5.75 Å². The summed E-state index contributed by atoms with van der Waals surface area (Å²) in [7, 11) is 0. The van der Waals surface area contributed by atoms with Crippen molar-refractivity contribution < 1.29 is 9.53 Å². The van der Waals surface area contributed by atoms with Crippen LogP contribution in [0.15, 0.2) is 60.9 Å². The first-order chi connectivity index (χ1) is 13.5. The number of nitrogens with one attached hydrogen (secondary N) is 2. The average Bonchev–Trinajstić information content (AvgIpc) is 2.70. The van der Waals surface area contributed by atoms with Gasteiger partial charge in [-0.2, -0.15) is 0 Å². The quantitative estimate of drug-likeness (QED) is 0.618. The van der Waals surface area contributed by atoms with E-state index in [9.17, 15) is 4.79 Å². The van der Waals surface area contributed by atoms with Crippen LogP contribution in [-0.4, -0.2) is 22.0 Å². The third kappa shape index (κ3) is 5.07. The van der Waals surface area contributed by atoms with Crippen LogP contribution in [0.1, 0.15) is 36.7 Å². The van der Waals surface area contributed by atoms with Crippen molar-refractivity contribution in [1.29, 1.82) is 0 Å². The second-order valence-electron chi connectivity index (χ2n) is 6.58. The third-order valence-electron chi connectivity index (χ3n) is 4.04. The number of carbonyl (C=O) groups excluding carboxylic acids is 1. The highest BCUT2D eigenvalue weighted by Gasteiger charge is 2.09. The Morgan fingerprint density at radius 3 is 2.36 bits per heavy atom. The molecule has 0 spiro atoms. The zero-order chi connectivity index (χ0) is 19.9. The monoisotopic (exact) mass is 376 g/mol. The molecule has 28 heavy (non-hydrogen) atoms. The number of ether oxygens (including phenoxy) is 1. The molecule has 3 rings (SSSR count). The topological polar surface area (TPSA) is 76.1 Å². The minimum atomic E-state index is -0.266. The Hall–Kier alpha value is -3.41. The first-order valence-electron chi connectivity index (χ1n) is 9.30. The molecule has 6 heteroatoms. The number of aromatic nitrogens is 2. The van der Waals surface area contributed by atoms with E-state index in [-0.39, 0.29) is 12.0 Å². The minimum Gasteiger partial charge on any atom is -0.491 e. The van der Waals surface area contributed by atoms with Gasteiger partial charge < -0.3 is 15.4 Å². The van der Waals surface area contributed by atoms with Crippen molar-refractivity contribution in [2.45, 2.75) is 33.3 Å². The Morgan fingerprint density at radius 1 is 1.04 bits per heavy atom. The molecule has 1 amide bonds. The summed E-state index contributed by atoms with van der Waals surface area (Å²) in [5.74, 6) is 0.949. The molecule has 6 nitrogen and oxygen atoms in total. The summed E-state index contributed by atoms with van der Waals surface area (Å²) in [5.41, 5.74) is 3.21. The van der Waals surface area contributed by atoms with E-state index in [2.05, 4.69) is 33.6 Å². The first kappa shape index (κ1) is 19.4. The maximum absolute atomic E-state index is 12.4. The zero-order valence-corrected chi connectivity index (χ0v) is 16.3. The van der Waals surface area contributed by atoms with Gasteiger partial charge in [-0.05, 0) is 56.2 Å². The summed E-state index contributed by atoms with van der Waals surface area (Å²) in [6, 6.07) is 15.2. The van der Waals surface area contributed by atoms with E-state index in [1.165, 1.54) is 18.0 Å². The second kappa shape index (κ2) is 8.99. The van der Waals surface area contributed by atoms with Crippen LogP contribution in [0.3, 0.4) is 0 Å². The van der Waals surface area contributed by atoms with Gasteiger partial charge in [0.1, 0.15) is 5.75 Å². The lowest BCUT2D eigenvalue weighted by Crippen LogP contribution is -2.13. The summed E-state index contributed by atoms with van der Waals surface area (Å²) in [6.45, 7) is 6.03. The maximum atomic E-state index is 12.4. The Bertz CT molecular complexity index is 922. The van der Waals surface area contributed by atoms with Gasteiger partial charge in [0.05, 0.1) is 11.7 Å². The van der Waals surface area contributed by atoms with E-state index in [1.807, 2.05) is 44.2 Å². The molecule has 0 aliphatic carbocycles. The molecule has 2 N–H and O–H groups in total. The fraction of sp³-hybridized carbons (Fsp3) is 0.227. The lowest BCUT2D eigenvalue weighted by atomic mass is 10.1. The molecule has 3 aromatic rings. The SMILES string of the molecule is CCc1ccccc1Nc1ncc(C(=O)Nc2ccc(OC(C)C)cc2)cn1. The summed E-state index contributed by atoms with van der Waals surface area (Å²) in [5, 5.41) is 6.02. The summed E-state index contributed by atoms with van der Waals surface area (Å²) < 4.78 is 5.60. The summed E-state index contributed by atoms with van der Waals surface area (Å²) >= 11 is 0. The number of amides is 1. The standard InChI is InChI=1S/C22H24N4O2/c1-4-16-7-5-6-8-20(16)26-22-23-13-17(14-24-22)21(27)25-18-9-11-19(12-10-18)28-15(2)3/h5-15H,4H2,1-3H3,(H,25,27)(H,23,24,26). The number of aryl methyl sites for hydroxylation is 1. The second-order valence-corrected chi connectivity index (χ2v) is 6.58. The number of hydrogen-bond acceptors (Lipinski definition) is 5. The van der Waals surface area contributed by atoms with Gasteiger partial charge in [-0.15, -0.1) is 0 Å². The molecule has 1 heterocycles. The lowest BCUT2D eigenvalue weighted by molar-refractivity contribution is 0.102. The van der Waals surface area contributed by atoms with Crippen LogP contribution in [0.4, 0.5) is 17.3 Å². The third-order valence-corrected chi connectivity index (χ3v) is 4.04. The fourth-order valence-corrected chi connectivity index (χ4v) is 2.67. The van der Waals surface area contributed by atoms with Crippen LogP contribution in [0.5, 0.6) is 5.75 Å². The van der Waals surface area contributed by atoms with Crippen molar-refractivity contribution in [3.63, 3.8) is 0 Å². The first-order valence-corrected chi connectivity index (χ1v) is 9.30. The minimum absolute atomic E-state index is 0.106. The van der Waals surface area contributed by atoms with E-state index in [0.29, 0.717) is 17.2 Å². The highest BCUT2D eigenvalue weighted by molar-refractivity contribution is 6.03. The Morgan fingerprint density at radius 2 is 1.71 bits per heavy atom. The highest BCUT2D eigenvalue weighted by Crippen LogP contribution is 2.20. The molecule has 0 saturated heterocycles. The van der Waals surface area contributed by atoms with Gasteiger partial charge >= 0.3 is 0 Å². The van der Waals surface area contributed by atoms with Crippen molar-refractivity contribution in [1.82, 2.24) is 9.97 Å². The number of carbonyl (C=O) groups is 1. The van der Waals surface area contributed by atoms with E-state index >= 15 is 0 Å². The van der Waals surface area contributed by atoms with Gasteiger partial charge in [0, 0.05) is 23.8 Å². The Balaban J connectivity index is 1.63. The molecular weight excluding hydrogens is 352 g/mol. The number of para-hydroxylation sites is 1. The summed E-state index contributed by atoms with van der Waals surface area (Å²) in [6.07, 6.45) is 4.03. The molecule has 2 aromatic carbocycles. The van der Waals surface area contributed by atoms with E-state index in [0.717, 1.165) is 17.9 Å². The number of benzene rings is 2. The molecule has 144 valence electrons. The molecule has 0 radical (unpaired) electrons. The van der Waals surface area contributed by atoms with Crippen molar-refractivity contribution in [2.75, 3.05) is 10.6 Å². The molecule has 1 aromatic heterocycles. The summed E-state index contributed by atoms with van der Waals surface area (Å²) in [4.78, 5) is 20.9. The molecule has 0 aliphatic heterocycles. The van der Waals surface area contributed by atoms with Crippen molar-refractivity contribution in [3.05, 3.63) is 72.1 Å². The molecule has 0 atom stereocenters. The van der Waals surface area contributed by atoms with Crippen molar-refractivity contribution in [2.24, 2.45) is 0 Å². The van der Waals surface area contributed by atoms with Gasteiger partial charge in [-0.3, -0.25) is 4.79 Å². The number of rotatable bonds is 7. The average molecular weight is 376 g/mol. The van der Waals surface area contributed by atoms with Crippen LogP contribution in [-0.2, 0) is 6.42 Å². The van der Waals surface area contributed by atoms with Gasteiger partial charge in [0.15, 0.2) is 0 Å². The van der Waals surface area contributed by atoms with E-state index in [4.69, 9.17) is 4.74 Å². The van der Waals surface area contributed by atoms with Crippen molar-refractivity contribution >= 4 is 23.2 Å². The van der Waals surface area contributed by atoms with Crippen LogP contribution < -0.4 is 15.4 Å². The lowest BCUT2D eigenvalue weighted by Gasteiger charge is -2.11. The molecule has 0 unspecified atom stereocenters. The van der Waals surface area contributed by atoms with Crippen LogP contribution >= 0.6 is 0 Å². The zero-order valence-electron chi connectivity index (χ0n) is 16.3. The largest absolute Gasteiger partial charge is 0.491 e. The van der Waals surface area contributed by atoms with E-state index < -0.39 is 0 Å². The van der Waals surface area contributed by atoms with Gasteiger partial charge in [0.2, 0.25) is 5.95 Å². The molecule has 0 saturated carbocycles. The number of hydrogen-bond donors (Lipinski definition) is 2. The molecule has 0 bridgehead atoms. The van der Waals surface area contributed by atoms with Gasteiger partial charge in [-0.25, -0.2) is 9.97 Å². The number of anilines is 3. The van der Waals surface area contributed by atoms with E-state index in [1.54, 1.807) is 12.1 Å². The molecular formula is C22H24N4O2. The Labute approximate surface area is 165 Å². The number of nitrogens with zero attached hydrogens (tertiary/aromatic N) is 2. The maximum Gasteiger partial charge on any atom is 0.258 e. The smallest absolute Gasteiger partial charge is 0.258 e. The van der Waals surface area contributed by atoms with Crippen LogP contribution in [0.2, 0.25) is 0 Å². The predicted octanol–water partition coefficient (Wildman–Crippen LogP) is 4.82. The van der Waals surface area contributed by atoms with Crippen LogP contribution in [0.25, 0.3) is 0 Å². The predicted molar refractivity (Wildman–Crippen MR) is 111 cm³/mol. The Kier molecular flexibility index (Phi) is 6.22. The van der Waals surface area contributed by atoms with Crippen LogP contribution in [0, 0.1) is 0 Å². The highest BCUT2D eigenvalue weighted by atomic mass is 16.5. The fourth-order valence-electron chi connectivity index (χ4n) is 2.67.